The predicted octanol–water partition coefficient (Wildman–Crippen LogP) is 3.08. The second-order valence-corrected chi connectivity index (χ2v) is 5.36. The fourth-order valence-corrected chi connectivity index (χ4v) is 2.80. The van der Waals surface area contributed by atoms with Gasteiger partial charge in [0.05, 0.1) is 10.2 Å². The van der Waals surface area contributed by atoms with Crippen LogP contribution in [0.1, 0.15) is 0 Å². The zero-order valence-electron chi connectivity index (χ0n) is 7.46. The predicted molar refractivity (Wildman–Crippen MR) is 71.7 cm³/mol. The minimum Gasteiger partial charge on any atom is -0.301 e. The minimum absolute atomic E-state index is 0.0482. The molecule has 15 heavy (non-hydrogen) atoms. The van der Waals surface area contributed by atoms with Crippen molar-refractivity contribution in [2.45, 2.75) is 0 Å². The molecule has 0 spiro atoms. The van der Waals surface area contributed by atoms with Crippen LogP contribution in [-0.2, 0) is 4.79 Å². The number of amides is 1. The Morgan fingerprint density at radius 3 is 3.13 bits per heavy atom. The van der Waals surface area contributed by atoms with Gasteiger partial charge in [0.1, 0.15) is 5.88 Å². The molecule has 0 fully saturated rings. The van der Waals surface area contributed by atoms with E-state index in [1.807, 2.05) is 18.2 Å². The highest BCUT2D eigenvalue weighted by molar-refractivity contribution is 14.1. The minimum atomic E-state index is -0.231. The number of hydrogen-bond acceptors (Lipinski definition) is 3. The van der Waals surface area contributed by atoms with Crippen LogP contribution in [0.4, 0.5) is 5.13 Å². The molecule has 2 rings (SSSR count). The maximum absolute atomic E-state index is 11.0. The molecule has 0 aliphatic heterocycles. The lowest BCUT2D eigenvalue weighted by molar-refractivity contribution is -0.113. The Bertz CT molecular complexity index is 514. The number of hydrogen-bond donors (Lipinski definition) is 1. The smallest absolute Gasteiger partial charge is 0.241 e. The maximum Gasteiger partial charge on any atom is 0.241 e. The number of halogens is 2. The summed E-state index contributed by atoms with van der Waals surface area (Å²) < 4.78 is 2.21. The molecule has 6 heteroatoms. The summed E-state index contributed by atoms with van der Waals surface area (Å²) >= 11 is 9.08. The summed E-state index contributed by atoms with van der Waals surface area (Å²) in [6.07, 6.45) is 0. The van der Waals surface area contributed by atoms with Gasteiger partial charge in [-0.05, 0) is 40.8 Å². The molecular weight excluding hydrogens is 347 g/mol. The topological polar surface area (TPSA) is 42.0 Å². The Hall–Kier alpha value is -0.400. The molecule has 0 radical (unpaired) electrons. The number of carbonyl (C=O) groups excluding carboxylic acids is 1. The molecule has 0 bridgehead atoms. The molecule has 0 aliphatic carbocycles. The van der Waals surface area contributed by atoms with E-state index in [1.54, 1.807) is 0 Å². The van der Waals surface area contributed by atoms with E-state index in [0.29, 0.717) is 5.13 Å². The first kappa shape index (κ1) is 11.1. The Balaban J connectivity index is 2.34. The van der Waals surface area contributed by atoms with E-state index in [4.69, 9.17) is 11.6 Å². The van der Waals surface area contributed by atoms with Crippen molar-refractivity contribution in [2.24, 2.45) is 0 Å². The van der Waals surface area contributed by atoms with Crippen molar-refractivity contribution in [1.82, 2.24) is 4.98 Å². The van der Waals surface area contributed by atoms with Crippen LogP contribution >= 0.6 is 45.5 Å². The number of anilines is 1. The average molecular weight is 353 g/mol. The third kappa shape index (κ3) is 2.59. The molecule has 2 aromatic rings. The monoisotopic (exact) mass is 352 g/mol. The first-order chi connectivity index (χ1) is 7.19. The molecule has 0 unspecified atom stereocenters. The van der Waals surface area contributed by atoms with Gasteiger partial charge in [-0.2, -0.15) is 0 Å². The Morgan fingerprint density at radius 1 is 1.60 bits per heavy atom. The Labute approximate surface area is 109 Å². The number of benzene rings is 1. The van der Waals surface area contributed by atoms with Crippen LogP contribution in [0.15, 0.2) is 18.2 Å². The van der Waals surface area contributed by atoms with Gasteiger partial charge < -0.3 is 5.32 Å². The lowest BCUT2D eigenvalue weighted by Crippen LogP contribution is -2.11. The molecule has 3 nitrogen and oxygen atoms in total. The number of alkyl halides is 1. The molecule has 1 aromatic heterocycles. The van der Waals surface area contributed by atoms with Crippen LogP contribution in [0.25, 0.3) is 10.2 Å². The van der Waals surface area contributed by atoms with E-state index in [1.165, 1.54) is 11.3 Å². The third-order valence-electron chi connectivity index (χ3n) is 1.72. The lowest BCUT2D eigenvalue weighted by Gasteiger charge is -1.94. The highest BCUT2D eigenvalue weighted by Gasteiger charge is 2.06. The van der Waals surface area contributed by atoms with Crippen LogP contribution in [0.2, 0.25) is 0 Å². The molecule has 1 heterocycles. The summed E-state index contributed by atoms with van der Waals surface area (Å²) in [5.74, 6) is -0.279. The van der Waals surface area contributed by atoms with Crippen LogP contribution in [0.3, 0.4) is 0 Å². The highest BCUT2D eigenvalue weighted by atomic mass is 127. The maximum atomic E-state index is 11.0. The van der Waals surface area contributed by atoms with Crippen LogP contribution < -0.4 is 5.32 Å². The van der Waals surface area contributed by atoms with Gasteiger partial charge in [0.2, 0.25) is 5.91 Å². The van der Waals surface area contributed by atoms with Crippen molar-refractivity contribution in [3.8, 4) is 0 Å². The van der Waals surface area contributed by atoms with E-state index in [2.05, 4.69) is 32.9 Å². The number of fused-ring (bicyclic) bond motifs is 1. The van der Waals surface area contributed by atoms with E-state index < -0.39 is 0 Å². The van der Waals surface area contributed by atoms with E-state index in [0.717, 1.165) is 13.8 Å². The number of aromatic nitrogens is 1. The van der Waals surface area contributed by atoms with Gasteiger partial charge in [0, 0.05) is 3.57 Å². The van der Waals surface area contributed by atoms with E-state index in [-0.39, 0.29) is 11.8 Å². The summed E-state index contributed by atoms with van der Waals surface area (Å²) in [5, 5.41) is 3.23. The molecule has 0 atom stereocenters. The standard InChI is InChI=1S/C9H6ClIN2OS/c10-4-8(14)13-9-12-6-2-1-5(11)3-7(6)15-9/h1-3H,4H2,(H,12,13,14). The summed E-state index contributed by atoms with van der Waals surface area (Å²) in [5.41, 5.74) is 0.894. The number of rotatable bonds is 2. The second-order valence-electron chi connectivity index (χ2n) is 2.81. The zero-order chi connectivity index (χ0) is 10.8. The van der Waals surface area contributed by atoms with Crippen molar-refractivity contribution in [1.29, 1.82) is 0 Å². The van der Waals surface area contributed by atoms with Gasteiger partial charge in [0.15, 0.2) is 5.13 Å². The van der Waals surface area contributed by atoms with Crippen molar-refractivity contribution in [2.75, 3.05) is 11.2 Å². The van der Waals surface area contributed by atoms with Crippen LogP contribution in [0.5, 0.6) is 0 Å². The largest absolute Gasteiger partial charge is 0.301 e. The van der Waals surface area contributed by atoms with Gasteiger partial charge in [-0.1, -0.05) is 11.3 Å². The number of thiazole rings is 1. The number of carbonyl (C=O) groups is 1. The molecular formula is C9H6ClIN2OS. The number of nitrogens with one attached hydrogen (secondary N) is 1. The fourth-order valence-electron chi connectivity index (χ4n) is 1.10. The summed E-state index contributed by atoms with van der Waals surface area (Å²) in [6.45, 7) is 0. The molecule has 0 aliphatic rings. The van der Waals surface area contributed by atoms with Crippen molar-refractivity contribution in [3.05, 3.63) is 21.8 Å². The van der Waals surface area contributed by atoms with Crippen LogP contribution in [0, 0.1) is 3.57 Å². The van der Waals surface area contributed by atoms with E-state index in [9.17, 15) is 4.79 Å². The van der Waals surface area contributed by atoms with Gasteiger partial charge in [-0.15, -0.1) is 11.6 Å². The highest BCUT2D eigenvalue weighted by Crippen LogP contribution is 2.27. The molecule has 1 aromatic carbocycles. The van der Waals surface area contributed by atoms with Crippen molar-refractivity contribution >= 4 is 66.8 Å². The Kier molecular flexibility index (Phi) is 3.42. The summed E-state index contributed by atoms with van der Waals surface area (Å²) in [6, 6.07) is 5.95. The van der Waals surface area contributed by atoms with Gasteiger partial charge in [0.25, 0.3) is 0 Å². The zero-order valence-corrected chi connectivity index (χ0v) is 11.2. The number of nitrogens with zero attached hydrogens (tertiary/aromatic N) is 1. The molecule has 78 valence electrons. The third-order valence-corrected chi connectivity index (χ3v) is 3.57. The van der Waals surface area contributed by atoms with Crippen LogP contribution in [-0.4, -0.2) is 16.8 Å². The molecule has 0 saturated carbocycles. The SMILES string of the molecule is O=C(CCl)Nc1nc2ccc(I)cc2s1. The van der Waals surface area contributed by atoms with E-state index >= 15 is 0 Å². The lowest BCUT2D eigenvalue weighted by atomic mass is 10.3. The summed E-state index contributed by atoms with van der Waals surface area (Å²) in [7, 11) is 0. The summed E-state index contributed by atoms with van der Waals surface area (Å²) in [4.78, 5) is 15.3. The fraction of sp³-hybridized carbons (Fsp3) is 0.111. The van der Waals surface area contributed by atoms with Gasteiger partial charge in [-0.3, -0.25) is 4.79 Å². The molecule has 1 amide bonds. The molecule has 1 N–H and O–H groups in total. The molecule has 0 saturated heterocycles. The quantitative estimate of drug-likeness (QED) is 0.667. The van der Waals surface area contributed by atoms with Crippen molar-refractivity contribution < 1.29 is 4.79 Å². The average Bonchev–Trinajstić information content (AvgIpc) is 2.59. The first-order valence-corrected chi connectivity index (χ1v) is 6.54. The second kappa shape index (κ2) is 4.63. The Morgan fingerprint density at radius 2 is 2.40 bits per heavy atom. The van der Waals surface area contributed by atoms with Gasteiger partial charge >= 0.3 is 0 Å². The normalized spacial score (nSPS) is 10.5. The van der Waals surface area contributed by atoms with Gasteiger partial charge in [-0.25, -0.2) is 4.98 Å². The van der Waals surface area contributed by atoms with Crippen molar-refractivity contribution in [3.63, 3.8) is 0 Å². The first-order valence-electron chi connectivity index (χ1n) is 4.11.